The van der Waals surface area contributed by atoms with Crippen LogP contribution < -0.4 is 4.74 Å². The maximum absolute atomic E-state index is 8.56. The third-order valence-electron chi connectivity index (χ3n) is 5.77. The lowest BCUT2D eigenvalue weighted by atomic mass is 9.89. The predicted octanol–water partition coefficient (Wildman–Crippen LogP) is 8.59. The molecule has 1 heterocycles. The van der Waals surface area contributed by atoms with Crippen LogP contribution in [0.1, 0.15) is 76.1 Å². The first-order chi connectivity index (χ1) is 17.1. The molecule has 8 heteroatoms. The van der Waals surface area contributed by atoms with Crippen molar-refractivity contribution in [3.05, 3.63) is 53.2 Å². The second-order valence-electron chi connectivity index (χ2n) is 10.3. The minimum atomic E-state index is -1.83. The van der Waals surface area contributed by atoms with Crippen molar-refractivity contribution < 1.29 is 24.3 Å². The molecule has 4 rings (SSSR count). The van der Waals surface area contributed by atoms with E-state index in [1.165, 1.54) is 23.3 Å². The van der Waals surface area contributed by atoms with Gasteiger partial charge in [0.2, 0.25) is 0 Å². The maximum atomic E-state index is 8.56. The Balaban J connectivity index is 0.000000840. The number of thioether (sulfide) groups is 1. The van der Waals surface area contributed by atoms with Gasteiger partial charge in [0, 0.05) is 28.0 Å². The summed E-state index contributed by atoms with van der Waals surface area (Å²) in [6, 6.07) is 13.1. The molecule has 3 aromatic rings. The largest absolute Gasteiger partial charge is 0.503 e. The van der Waals surface area contributed by atoms with E-state index < -0.39 is 6.16 Å². The number of halogens is 1. The Morgan fingerprint density at radius 1 is 1.19 bits per heavy atom. The van der Waals surface area contributed by atoms with Gasteiger partial charge in [-0.2, -0.15) is 0 Å². The van der Waals surface area contributed by atoms with E-state index >= 15 is 0 Å². The topological polar surface area (TPSA) is 92.8 Å². The molecule has 196 valence electrons. The Bertz CT molecular complexity index is 1130. The molecule has 1 saturated carbocycles. The zero-order valence-corrected chi connectivity index (χ0v) is 23.0. The normalized spacial score (nSPS) is 14.2. The van der Waals surface area contributed by atoms with E-state index in [2.05, 4.69) is 63.2 Å². The van der Waals surface area contributed by atoms with E-state index in [1.54, 1.807) is 0 Å². The molecule has 2 aromatic carbocycles. The summed E-state index contributed by atoms with van der Waals surface area (Å²) < 4.78 is 12.0. The number of benzene rings is 2. The summed E-state index contributed by atoms with van der Waals surface area (Å²) in [4.78, 5) is 9.85. The molecule has 0 spiro atoms. The summed E-state index contributed by atoms with van der Waals surface area (Å²) >= 11 is 8.42. The van der Waals surface area contributed by atoms with Crippen molar-refractivity contribution in [1.82, 2.24) is 5.16 Å². The number of hydrogen-bond donors (Lipinski definition) is 2. The highest BCUT2D eigenvalue weighted by atomic mass is 35.5. The van der Waals surface area contributed by atoms with Crippen LogP contribution in [0, 0.1) is 5.41 Å². The molecule has 0 radical (unpaired) electrons. The van der Waals surface area contributed by atoms with E-state index in [1.807, 2.05) is 17.8 Å². The smallest absolute Gasteiger partial charge is 0.474 e. The van der Waals surface area contributed by atoms with Crippen LogP contribution in [0.15, 0.2) is 45.8 Å². The standard InChI is InChI=1S/C27H34ClNO2S.CH2O3/c1-5-6-22-24(14-13-21-23(17-27(2,3)4)29-31-26(21)22)30-25(28)15-16-32-20-11-9-19(10-12-20)18-7-8-18;2-1(3)4/h9-14,18,25H,5-8,15-17H2,1-4H3;(H2,2,3,4). The number of hydrogen-bond acceptors (Lipinski definition) is 5. The van der Waals surface area contributed by atoms with Gasteiger partial charge < -0.3 is 19.5 Å². The number of nitrogens with zero attached hydrogens (tertiary/aromatic N) is 1. The second kappa shape index (κ2) is 12.7. The number of rotatable bonds is 10. The molecule has 1 aromatic heterocycles. The summed E-state index contributed by atoms with van der Waals surface area (Å²) in [7, 11) is 0. The maximum Gasteiger partial charge on any atom is 0.503 e. The molecule has 1 atom stereocenters. The van der Waals surface area contributed by atoms with E-state index in [-0.39, 0.29) is 11.0 Å². The zero-order valence-electron chi connectivity index (χ0n) is 21.4. The van der Waals surface area contributed by atoms with Gasteiger partial charge in [-0.15, -0.1) is 11.8 Å². The Morgan fingerprint density at radius 3 is 2.44 bits per heavy atom. The van der Waals surface area contributed by atoms with Crippen molar-refractivity contribution >= 4 is 40.5 Å². The Hall–Kier alpha value is -2.38. The lowest BCUT2D eigenvalue weighted by molar-refractivity contribution is 0.137. The molecule has 1 aliphatic rings. The van der Waals surface area contributed by atoms with Gasteiger partial charge in [-0.1, -0.05) is 63.0 Å². The fraction of sp³-hybridized carbons (Fsp3) is 0.500. The van der Waals surface area contributed by atoms with Crippen LogP contribution >= 0.6 is 23.4 Å². The fourth-order valence-electron chi connectivity index (χ4n) is 4.04. The fourth-order valence-corrected chi connectivity index (χ4v) is 5.27. The van der Waals surface area contributed by atoms with Crippen molar-refractivity contribution in [3.63, 3.8) is 0 Å². The number of fused-ring (bicyclic) bond motifs is 1. The minimum absolute atomic E-state index is 0.154. The minimum Gasteiger partial charge on any atom is -0.474 e. The Kier molecular flexibility index (Phi) is 9.97. The second-order valence-corrected chi connectivity index (χ2v) is 12.0. The van der Waals surface area contributed by atoms with E-state index in [9.17, 15) is 0 Å². The predicted molar refractivity (Wildman–Crippen MR) is 146 cm³/mol. The lowest BCUT2D eigenvalue weighted by Gasteiger charge is -2.17. The number of aryl methyl sites for hydroxylation is 1. The van der Waals surface area contributed by atoms with Crippen LogP contribution in [0.2, 0.25) is 0 Å². The van der Waals surface area contributed by atoms with Crippen LogP contribution in [-0.4, -0.2) is 32.8 Å². The van der Waals surface area contributed by atoms with E-state index in [0.29, 0.717) is 0 Å². The third-order valence-corrected chi connectivity index (χ3v) is 7.12. The van der Waals surface area contributed by atoms with Crippen molar-refractivity contribution in [2.24, 2.45) is 5.41 Å². The highest BCUT2D eigenvalue weighted by molar-refractivity contribution is 7.99. The molecule has 0 aliphatic heterocycles. The first-order valence-corrected chi connectivity index (χ1v) is 13.8. The molecule has 36 heavy (non-hydrogen) atoms. The number of ether oxygens (including phenoxy) is 1. The first kappa shape index (κ1) is 28.2. The Morgan fingerprint density at radius 2 is 1.86 bits per heavy atom. The van der Waals surface area contributed by atoms with Crippen molar-refractivity contribution in [3.8, 4) is 5.75 Å². The van der Waals surface area contributed by atoms with E-state index in [0.717, 1.165) is 65.3 Å². The highest BCUT2D eigenvalue weighted by Crippen LogP contribution is 2.40. The number of carboxylic acid groups (broad SMARTS) is 2. The van der Waals surface area contributed by atoms with Gasteiger partial charge in [0.25, 0.3) is 0 Å². The molecule has 2 N–H and O–H groups in total. The van der Waals surface area contributed by atoms with Gasteiger partial charge in [0.15, 0.2) is 11.1 Å². The van der Waals surface area contributed by atoms with Crippen LogP contribution in [0.4, 0.5) is 4.79 Å². The monoisotopic (exact) mass is 533 g/mol. The van der Waals surface area contributed by atoms with Crippen molar-refractivity contribution in [1.29, 1.82) is 0 Å². The number of alkyl halides is 1. The molecule has 6 nitrogen and oxygen atoms in total. The number of aromatic nitrogens is 1. The molecular weight excluding hydrogens is 498 g/mol. The van der Waals surface area contributed by atoms with Crippen molar-refractivity contribution in [2.45, 2.75) is 82.6 Å². The molecular formula is C28H36ClNO5S. The summed E-state index contributed by atoms with van der Waals surface area (Å²) in [5.41, 5.74) is 4.19. The zero-order chi connectivity index (χ0) is 26.3. The lowest BCUT2D eigenvalue weighted by Crippen LogP contribution is -2.11. The average Bonchev–Trinajstić information content (AvgIpc) is 3.56. The highest BCUT2D eigenvalue weighted by Gasteiger charge is 2.23. The molecule has 0 saturated heterocycles. The summed E-state index contributed by atoms with van der Waals surface area (Å²) in [6.45, 7) is 8.82. The average molecular weight is 534 g/mol. The van der Waals surface area contributed by atoms with E-state index in [4.69, 9.17) is 35.9 Å². The third kappa shape index (κ3) is 8.63. The molecule has 1 aliphatic carbocycles. The molecule has 0 amide bonds. The van der Waals surface area contributed by atoms with Gasteiger partial charge in [-0.25, -0.2) is 4.79 Å². The van der Waals surface area contributed by atoms with Crippen molar-refractivity contribution in [2.75, 3.05) is 5.75 Å². The van der Waals surface area contributed by atoms with Crippen LogP contribution in [0.25, 0.3) is 11.0 Å². The summed E-state index contributed by atoms with van der Waals surface area (Å²) in [5.74, 6) is 2.54. The number of carbonyl (C=O) groups is 1. The van der Waals surface area contributed by atoms with Gasteiger partial charge in [-0.3, -0.25) is 0 Å². The van der Waals surface area contributed by atoms with Crippen LogP contribution in [0.5, 0.6) is 5.75 Å². The summed E-state index contributed by atoms with van der Waals surface area (Å²) in [6.07, 6.45) is 4.38. The van der Waals surface area contributed by atoms with Gasteiger partial charge in [0.05, 0.1) is 5.69 Å². The Labute approximate surface area is 222 Å². The van der Waals surface area contributed by atoms with Gasteiger partial charge >= 0.3 is 6.16 Å². The molecule has 0 bridgehead atoms. The summed E-state index contributed by atoms with van der Waals surface area (Å²) in [5, 5.41) is 19.4. The van der Waals surface area contributed by atoms with Gasteiger partial charge in [-0.05, 0) is 66.8 Å². The quantitative estimate of drug-likeness (QED) is 0.199. The SMILES string of the molecule is CCCc1c(OC(Cl)CCSc2ccc(C3CC3)cc2)ccc2c(CC(C)(C)C)noc12.O=C(O)O. The molecule has 1 unspecified atom stereocenters. The molecule has 1 fully saturated rings. The van der Waals surface area contributed by atoms with Gasteiger partial charge in [0.1, 0.15) is 5.75 Å². The van der Waals surface area contributed by atoms with Crippen LogP contribution in [0.3, 0.4) is 0 Å². The van der Waals surface area contributed by atoms with Crippen LogP contribution in [-0.2, 0) is 12.8 Å². The first-order valence-electron chi connectivity index (χ1n) is 12.4.